The molecule has 82 valence electrons. The number of hydrogen-bond donors (Lipinski definition) is 1. The third kappa shape index (κ3) is 5.10. The Morgan fingerprint density at radius 3 is 2.14 bits per heavy atom. The van der Waals surface area contributed by atoms with Gasteiger partial charge in [-0.05, 0) is 13.5 Å². The predicted molar refractivity (Wildman–Crippen MR) is 53.9 cm³/mol. The van der Waals surface area contributed by atoms with Crippen LogP contribution in [0.25, 0.3) is 0 Å². The maximum absolute atomic E-state index is 11.1. The summed E-state index contributed by atoms with van der Waals surface area (Å²) >= 11 is 0. The molecule has 1 amide bonds. The van der Waals surface area contributed by atoms with Gasteiger partial charge in [-0.25, -0.2) is 0 Å². The predicted octanol–water partition coefficient (Wildman–Crippen LogP) is -0.0143. The Bertz CT molecular complexity index is 215. The monoisotopic (exact) mass is 219 g/mol. The van der Waals surface area contributed by atoms with Gasteiger partial charge in [-0.3, -0.25) is 9.59 Å². The number of carbonyl (C=O) groups excluding carboxylic acids is 2. The van der Waals surface area contributed by atoms with Gasteiger partial charge in [0.15, 0.2) is 0 Å². The van der Waals surface area contributed by atoms with E-state index in [2.05, 4.69) is 5.32 Å². The number of Topliss-reactive ketones (excluding diaryl/α,β-unsaturated/α-hetero) is 1. The van der Waals surface area contributed by atoms with Gasteiger partial charge in [0, 0.05) is 14.2 Å². The molecule has 0 saturated heterocycles. The number of nitrogens with one attached hydrogen (secondary N) is 1. The van der Waals surface area contributed by atoms with Gasteiger partial charge in [-0.1, -0.05) is 0 Å². The van der Waals surface area contributed by atoms with Crippen molar-refractivity contribution in [1.82, 2.24) is 5.32 Å². The van der Waals surface area contributed by atoms with Crippen molar-refractivity contribution in [3.8, 4) is 0 Å². The normalized spacial score (nSPS) is 11.1. The fraction of sp³-hybridized carbons (Fsp3) is 0.750. The van der Waals surface area contributed by atoms with Gasteiger partial charge >= 0.3 is 8.56 Å². The van der Waals surface area contributed by atoms with Gasteiger partial charge in [0.05, 0.1) is 12.6 Å². The SMILES string of the molecule is CO[Si](C)(CNC(=O)CC(C)=O)OC. The minimum atomic E-state index is -2.25. The molecule has 0 saturated carbocycles. The molecule has 0 aromatic rings. The van der Waals surface area contributed by atoms with Crippen molar-refractivity contribution in [1.29, 1.82) is 0 Å². The van der Waals surface area contributed by atoms with Crippen molar-refractivity contribution in [2.45, 2.75) is 19.9 Å². The Morgan fingerprint density at radius 1 is 1.29 bits per heavy atom. The molecule has 14 heavy (non-hydrogen) atoms. The van der Waals surface area contributed by atoms with Crippen molar-refractivity contribution in [3.05, 3.63) is 0 Å². The standard InChI is InChI=1S/C8H17NO4Si/c1-7(10)5-8(11)9-6-14(4,12-2)13-3/h5-6H2,1-4H3,(H,9,11). The maximum Gasteiger partial charge on any atom is 0.354 e. The van der Waals surface area contributed by atoms with Crippen molar-refractivity contribution in [2.24, 2.45) is 0 Å². The molecule has 0 unspecified atom stereocenters. The summed E-state index contributed by atoms with van der Waals surface area (Å²) < 4.78 is 10.3. The molecular weight excluding hydrogens is 202 g/mol. The van der Waals surface area contributed by atoms with Crippen LogP contribution in [0.15, 0.2) is 0 Å². The first kappa shape index (κ1) is 13.3. The second-order valence-electron chi connectivity index (χ2n) is 3.20. The van der Waals surface area contributed by atoms with E-state index < -0.39 is 8.56 Å². The molecule has 0 rings (SSSR count). The molecule has 0 fully saturated rings. The van der Waals surface area contributed by atoms with Crippen LogP contribution in [-0.4, -0.2) is 40.6 Å². The van der Waals surface area contributed by atoms with Crippen LogP contribution in [-0.2, 0) is 18.4 Å². The van der Waals surface area contributed by atoms with E-state index >= 15 is 0 Å². The summed E-state index contributed by atoms with van der Waals surface area (Å²) in [5, 5.41) is 2.61. The van der Waals surface area contributed by atoms with E-state index in [-0.39, 0.29) is 18.1 Å². The Kier molecular flexibility index (Phi) is 5.59. The van der Waals surface area contributed by atoms with Crippen LogP contribution in [0, 0.1) is 0 Å². The van der Waals surface area contributed by atoms with E-state index in [9.17, 15) is 9.59 Å². The first-order valence-corrected chi connectivity index (χ1v) is 6.82. The first-order valence-electron chi connectivity index (χ1n) is 4.30. The summed E-state index contributed by atoms with van der Waals surface area (Å²) in [5.74, 6) is -0.439. The minimum absolute atomic E-state index is 0.0854. The Morgan fingerprint density at radius 2 is 1.79 bits per heavy atom. The van der Waals surface area contributed by atoms with E-state index in [0.717, 1.165) is 0 Å². The maximum atomic E-state index is 11.1. The molecule has 5 nitrogen and oxygen atoms in total. The zero-order valence-electron chi connectivity index (χ0n) is 9.05. The second kappa shape index (κ2) is 5.89. The third-order valence-electron chi connectivity index (χ3n) is 1.88. The fourth-order valence-electron chi connectivity index (χ4n) is 0.775. The molecule has 0 spiro atoms. The van der Waals surface area contributed by atoms with Crippen LogP contribution in [0.1, 0.15) is 13.3 Å². The van der Waals surface area contributed by atoms with Crippen molar-refractivity contribution in [2.75, 3.05) is 20.4 Å². The van der Waals surface area contributed by atoms with Crippen molar-refractivity contribution < 1.29 is 18.4 Å². The lowest BCUT2D eigenvalue weighted by atomic mass is 10.3. The van der Waals surface area contributed by atoms with Crippen molar-refractivity contribution >= 4 is 20.3 Å². The Labute approximate surface area is 85.0 Å². The zero-order valence-corrected chi connectivity index (χ0v) is 10.0. The van der Waals surface area contributed by atoms with Gasteiger partial charge in [-0.2, -0.15) is 0 Å². The molecule has 6 heteroatoms. The van der Waals surface area contributed by atoms with Crippen molar-refractivity contribution in [3.63, 3.8) is 0 Å². The van der Waals surface area contributed by atoms with Gasteiger partial charge < -0.3 is 14.2 Å². The smallest absolute Gasteiger partial charge is 0.354 e. The summed E-state index contributed by atoms with van der Waals surface area (Å²) in [5.41, 5.74) is 0. The minimum Gasteiger partial charge on any atom is -0.397 e. The highest BCUT2D eigenvalue weighted by Gasteiger charge is 2.29. The molecule has 0 aliphatic heterocycles. The van der Waals surface area contributed by atoms with E-state index in [1.165, 1.54) is 6.92 Å². The lowest BCUT2D eigenvalue weighted by Crippen LogP contribution is -2.48. The van der Waals surface area contributed by atoms with Crippen LogP contribution in [0.3, 0.4) is 0 Å². The van der Waals surface area contributed by atoms with Crippen LogP contribution in [0.2, 0.25) is 6.55 Å². The molecule has 0 radical (unpaired) electrons. The third-order valence-corrected chi connectivity index (χ3v) is 4.43. The largest absolute Gasteiger partial charge is 0.397 e. The van der Waals surface area contributed by atoms with Crippen LogP contribution in [0.5, 0.6) is 0 Å². The summed E-state index contributed by atoms with van der Waals surface area (Å²) in [7, 11) is 0.843. The second-order valence-corrected chi connectivity index (χ2v) is 6.64. The molecule has 0 atom stereocenters. The topological polar surface area (TPSA) is 64.6 Å². The Hall–Kier alpha value is -0.723. The highest BCUT2D eigenvalue weighted by Crippen LogP contribution is 2.01. The summed E-state index contributed by atoms with van der Waals surface area (Å²) in [4.78, 5) is 21.7. The summed E-state index contributed by atoms with van der Waals surface area (Å²) in [6.45, 7) is 3.21. The molecule has 0 aromatic heterocycles. The van der Waals surface area contributed by atoms with Crippen LogP contribution >= 0.6 is 0 Å². The number of carbonyl (C=O) groups is 2. The quantitative estimate of drug-likeness (QED) is 0.504. The number of amides is 1. The summed E-state index contributed by atoms with van der Waals surface area (Å²) in [6, 6.07) is 0. The highest BCUT2D eigenvalue weighted by molar-refractivity contribution is 6.66. The fourth-order valence-corrected chi connectivity index (χ4v) is 1.75. The van der Waals surface area contributed by atoms with E-state index in [0.29, 0.717) is 6.17 Å². The zero-order chi connectivity index (χ0) is 11.2. The van der Waals surface area contributed by atoms with Gasteiger partial charge in [0.2, 0.25) is 5.91 Å². The molecule has 1 N–H and O–H groups in total. The van der Waals surface area contributed by atoms with E-state index in [1.807, 2.05) is 6.55 Å². The first-order chi connectivity index (χ1) is 6.43. The average Bonchev–Trinajstić information content (AvgIpc) is 2.13. The van der Waals surface area contributed by atoms with E-state index in [4.69, 9.17) is 8.85 Å². The number of ketones is 1. The van der Waals surface area contributed by atoms with Gasteiger partial charge in [0.25, 0.3) is 0 Å². The Balaban J connectivity index is 3.92. The lowest BCUT2D eigenvalue weighted by molar-refractivity contribution is -0.127. The highest BCUT2D eigenvalue weighted by atomic mass is 28.4. The lowest BCUT2D eigenvalue weighted by Gasteiger charge is -2.22. The molecule has 0 bridgehead atoms. The van der Waals surface area contributed by atoms with E-state index in [1.54, 1.807) is 14.2 Å². The average molecular weight is 219 g/mol. The number of rotatable bonds is 6. The summed E-state index contributed by atoms with van der Waals surface area (Å²) in [6.07, 6.45) is 0.268. The molecule has 0 aliphatic rings. The molecule has 0 heterocycles. The molecular formula is C8H17NO4Si. The molecule has 0 aliphatic carbocycles. The van der Waals surface area contributed by atoms with Gasteiger partial charge in [-0.15, -0.1) is 0 Å². The molecule has 0 aromatic carbocycles. The van der Waals surface area contributed by atoms with Crippen LogP contribution in [0.4, 0.5) is 0 Å². The van der Waals surface area contributed by atoms with Gasteiger partial charge in [0.1, 0.15) is 5.78 Å². The van der Waals surface area contributed by atoms with Crippen LogP contribution < -0.4 is 5.32 Å². The number of hydrogen-bond acceptors (Lipinski definition) is 4.